The summed E-state index contributed by atoms with van der Waals surface area (Å²) < 4.78 is 39.9. The van der Waals surface area contributed by atoms with Crippen LogP contribution in [-0.4, -0.2) is 29.8 Å². The zero-order valence-corrected chi connectivity index (χ0v) is 10.9. The number of benzene rings is 1. The molecule has 1 heterocycles. The van der Waals surface area contributed by atoms with Crippen LogP contribution in [0.4, 0.5) is 13.2 Å². The van der Waals surface area contributed by atoms with E-state index >= 15 is 0 Å². The Hall–Kier alpha value is -1.23. The lowest BCUT2D eigenvalue weighted by Gasteiger charge is -2.32. The largest absolute Gasteiger partial charge is 0.338 e. The van der Waals surface area contributed by atoms with Gasteiger partial charge in [-0.3, -0.25) is 4.79 Å². The third-order valence-corrected chi connectivity index (χ3v) is 3.68. The maximum Gasteiger partial charge on any atom is 0.259 e. The van der Waals surface area contributed by atoms with Gasteiger partial charge in [-0.2, -0.15) is 0 Å². The van der Waals surface area contributed by atoms with E-state index in [1.54, 1.807) is 0 Å². The second kappa shape index (κ2) is 5.82. The fourth-order valence-corrected chi connectivity index (χ4v) is 2.53. The van der Waals surface area contributed by atoms with Gasteiger partial charge in [-0.1, -0.05) is 0 Å². The first-order chi connectivity index (χ1) is 9.02. The summed E-state index contributed by atoms with van der Waals surface area (Å²) in [5, 5.41) is 0. The lowest BCUT2D eigenvalue weighted by Crippen LogP contribution is -2.41. The van der Waals surface area contributed by atoms with Crippen molar-refractivity contribution in [2.24, 2.45) is 5.92 Å². The van der Waals surface area contributed by atoms with Crippen molar-refractivity contribution in [3.63, 3.8) is 0 Å². The fourth-order valence-electron chi connectivity index (χ4n) is 2.28. The molecule has 1 aromatic rings. The molecule has 0 N–H and O–H groups in total. The number of carbonyl (C=O) groups excluding carboxylic acids is 1. The van der Waals surface area contributed by atoms with Gasteiger partial charge in [0, 0.05) is 31.1 Å². The zero-order chi connectivity index (χ0) is 14.0. The average molecular weight is 292 g/mol. The predicted molar refractivity (Wildman–Crippen MR) is 65.7 cm³/mol. The predicted octanol–water partition coefficient (Wildman–Crippen LogP) is 3.19. The van der Waals surface area contributed by atoms with Crippen LogP contribution in [0.25, 0.3) is 0 Å². The van der Waals surface area contributed by atoms with Gasteiger partial charge in [-0.15, -0.1) is 11.6 Å². The molecule has 104 valence electrons. The minimum Gasteiger partial charge on any atom is -0.338 e. The van der Waals surface area contributed by atoms with Crippen molar-refractivity contribution in [2.75, 3.05) is 19.0 Å². The van der Waals surface area contributed by atoms with E-state index in [1.807, 2.05) is 0 Å². The summed E-state index contributed by atoms with van der Waals surface area (Å²) >= 11 is 5.74. The van der Waals surface area contributed by atoms with Crippen molar-refractivity contribution in [3.05, 3.63) is 35.1 Å². The summed E-state index contributed by atoms with van der Waals surface area (Å²) in [6, 6.07) is 1.03. The smallest absolute Gasteiger partial charge is 0.259 e. The van der Waals surface area contributed by atoms with Crippen LogP contribution in [-0.2, 0) is 0 Å². The summed E-state index contributed by atoms with van der Waals surface area (Å²) in [6.45, 7) is 0.807. The summed E-state index contributed by atoms with van der Waals surface area (Å²) in [6.07, 6.45) is 1.63. The molecule has 0 bridgehead atoms. The number of alkyl halides is 1. The van der Waals surface area contributed by atoms with Crippen LogP contribution in [0, 0.1) is 23.4 Å². The molecular weight excluding hydrogens is 279 g/mol. The Bertz CT molecular complexity index is 472. The van der Waals surface area contributed by atoms with Gasteiger partial charge in [0.15, 0.2) is 0 Å². The van der Waals surface area contributed by atoms with Gasteiger partial charge in [-0.25, -0.2) is 13.2 Å². The highest BCUT2D eigenvalue weighted by Gasteiger charge is 2.28. The average Bonchev–Trinajstić information content (AvgIpc) is 2.37. The number of carbonyl (C=O) groups is 1. The molecule has 1 saturated heterocycles. The number of nitrogens with zero attached hydrogens (tertiary/aromatic N) is 1. The fraction of sp³-hybridized carbons (Fsp3) is 0.462. The van der Waals surface area contributed by atoms with E-state index in [4.69, 9.17) is 11.6 Å². The van der Waals surface area contributed by atoms with Crippen LogP contribution in [0.3, 0.4) is 0 Å². The monoisotopic (exact) mass is 291 g/mol. The number of amides is 1. The van der Waals surface area contributed by atoms with E-state index < -0.39 is 28.9 Å². The molecule has 1 aliphatic heterocycles. The number of likely N-dealkylation sites (tertiary alicyclic amines) is 1. The third-order valence-electron chi connectivity index (χ3n) is 3.25. The van der Waals surface area contributed by atoms with Crippen molar-refractivity contribution >= 4 is 17.5 Å². The van der Waals surface area contributed by atoms with Gasteiger partial charge in [-0.05, 0) is 18.8 Å². The molecule has 1 aliphatic rings. The lowest BCUT2D eigenvalue weighted by atomic mass is 9.99. The molecule has 0 spiro atoms. The molecule has 2 rings (SSSR count). The van der Waals surface area contributed by atoms with Crippen molar-refractivity contribution < 1.29 is 18.0 Å². The zero-order valence-electron chi connectivity index (χ0n) is 10.1. The van der Waals surface area contributed by atoms with Gasteiger partial charge in [0.25, 0.3) is 5.91 Å². The van der Waals surface area contributed by atoms with Crippen LogP contribution < -0.4 is 0 Å². The Morgan fingerprint density at radius 2 is 1.95 bits per heavy atom. The Balaban J connectivity index is 2.24. The molecule has 1 fully saturated rings. The summed E-state index contributed by atoms with van der Waals surface area (Å²) in [5.74, 6) is -3.59. The van der Waals surface area contributed by atoms with E-state index in [9.17, 15) is 18.0 Å². The molecule has 0 saturated carbocycles. The number of halogens is 4. The molecule has 2 nitrogen and oxygen atoms in total. The molecule has 1 amide bonds. The molecule has 0 aliphatic carbocycles. The van der Waals surface area contributed by atoms with Crippen molar-refractivity contribution in [3.8, 4) is 0 Å². The van der Waals surface area contributed by atoms with Crippen LogP contribution in [0.5, 0.6) is 0 Å². The first kappa shape index (κ1) is 14.2. The Morgan fingerprint density at radius 3 is 2.53 bits per heavy atom. The second-order valence-electron chi connectivity index (χ2n) is 4.66. The number of hydrogen-bond acceptors (Lipinski definition) is 1. The molecule has 19 heavy (non-hydrogen) atoms. The highest BCUT2D eigenvalue weighted by molar-refractivity contribution is 6.18. The minimum absolute atomic E-state index is 0.130. The Morgan fingerprint density at radius 1 is 1.32 bits per heavy atom. The van der Waals surface area contributed by atoms with Crippen molar-refractivity contribution in [1.82, 2.24) is 4.90 Å². The molecule has 1 unspecified atom stereocenters. The topological polar surface area (TPSA) is 20.3 Å². The number of piperidine rings is 1. The summed E-state index contributed by atoms with van der Waals surface area (Å²) in [4.78, 5) is 13.5. The SMILES string of the molecule is O=C(c1c(F)cc(F)cc1F)N1CCCC(CCl)C1. The summed E-state index contributed by atoms with van der Waals surface area (Å²) in [7, 11) is 0. The maximum absolute atomic E-state index is 13.5. The van der Waals surface area contributed by atoms with Crippen molar-refractivity contribution in [1.29, 1.82) is 0 Å². The van der Waals surface area contributed by atoms with Crippen LogP contribution >= 0.6 is 11.6 Å². The van der Waals surface area contributed by atoms with E-state index in [1.165, 1.54) is 4.90 Å². The highest BCUT2D eigenvalue weighted by Crippen LogP contribution is 2.22. The van der Waals surface area contributed by atoms with Crippen molar-refractivity contribution in [2.45, 2.75) is 12.8 Å². The van der Waals surface area contributed by atoms with Crippen LogP contribution in [0.15, 0.2) is 12.1 Å². The second-order valence-corrected chi connectivity index (χ2v) is 4.97. The van der Waals surface area contributed by atoms with Gasteiger partial charge in [0.1, 0.15) is 23.0 Å². The van der Waals surface area contributed by atoms with Gasteiger partial charge >= 0.3 is 0 Å². The summed E-state index contributed by atoms with van der Waals surface area (Å²) in [5.41, 5.74) is -0.698. The highest BCUT2D eigenvalue weighted by atomic mass is 35.5. The van der Waals surface area contributed by atoms with E-state index in [0.29, 0.717) is 31.1 Å². The lowest BCUT2D eigenvalue weighted by molar-refractivity contribution is 0.0674. The standard InChI is InChI=1S/C13H13ClF3NO/c14-6-8-2-1-3-18(7-8)13(19)12-10(16)4-9(15)5-11(12)17/h4-5,8H,1-3,6-7H2. The van der Waals surface area contributed by atoms with Crippen LogP contribution in [0.1, 0.15) is 23.2 Å². The molecule has 1 aromatic carbocycles. The van der Waals surface area contributed by atoms with Crippen LogP contribution in [0.2, 0.25) is 0 Å². The first-order valence-electron chi connectivity index (χ1n) is 6.02. The molecule has 0 radical (unpaired) electrons. The number of rotatable bonds is 2. The third kappa shape index (κ3) is 3.03. The molecule has 0 aromatic heterocycles. The minimum atomic E-state index is -1.17. The Labute approximate surface area is 114 Å². The van der Waals surface area contributed by atoms with Gasteiger partial charge in [0.05, 0.1) is 0 Å². The Kier molecular flexibility index (Phi) is 4.34. The molecular formula is C13H13ClF3NO. The molecule has 1 atom stereocenters. The van der Waals surface area contributed by atoms with E-state index in [0.717, 1.165) is 12.8 Å². The normalized spacial score (nSPS) is 19.6. The van der Waals surface area contributed by atoms with E-state index in [2.05, 4.69) is 0 Å². The van der Waals surface area contributed by atoms with Gasteiger partial charge < -0.3 is 4.90 Å². The first-order valence-corrected chi connectivity index (χ1v) is 6.56. The maximum atomic E-state index is 13.5. The quantitative estimate of drug-likeness (QED) is 0.766. The molecule has 6 heteroatoms. The van der Waals surface area contributed by atoms with Gasteiger partial charge in [0.2, 0.25) is 0 Å². The van der Waals surface area contributed by atoms with E-state index in [-0.39, 0.29) is 5.92 Å². The number of hydrogen-bond donors (Lipinski definition) is 0.